The van der Waals surface area contributed by atoms with Gasteiger partial charge >= 0.3 is 6.18 Å². The highest BCUT2D eigenvalue weighted by Gasteiger charge is 2.35. The predicted octanol–water partition coefficient (Wildman–Crippen LogP) is 2.95. The van der Waals surface area contributed by atoms with Gasteiger partial charge < -0.3 is 21.7 Å². The summed E-state index contributed by atoms with van der Waals surface area (Å²) in [6.07, 6.45) is -2.99. The zero-order valence-corrected chi connectivity index (χ0v) is 19.1. The SMILES string of the molecule is Cc1cc(C(F)(F)F)nc(/C(C(N)=O)=C2\Nc3ccc(NC(=O)[C@@H]4CCCN4C)cc3N2)n1.Cl. The Bertz CT molecular complexity index is 1170. The van der Waals surface area contributed by atoms with E-state index >= 15 is 0 Å². The van der Waals surface area contributed by atoms with Crippen LogP contribution in [0.25, 0.3) is 5.57 Å². The highest BCUT2D eigenvalue weighted by molar-refractivity contribution is 6.20. The Morgan fingerprint density at radius 3 is 2.50 bits per heavy atom. The summed E-state index contributed by atoms with van der Waals surface area (Å²) in [5, 5.41) is 8.72. The lowest BCUT2D eigenvalue weighted by Gasteiger charge is -2.18. The van der Waals surface area contributed by atoms with Gasteiger partial charge in [0.1, 0.15) is 17.1 Å². The molecule has 2 aromatic rings. The van der Waals surface area contributed by atoms with Gasteiger partial charge in [-0.05, 0) is 57.6 Å². The number of nitrogens with one attached hydrogen (secondary N) is 3. The average molecular weight is 498 g/mol. The number of likely N-dealkylation sites (N-methyl/N-ethyl adjacent to an activating group) is 1. The van der Waals surface area contributed by atoms with Gasteiger partial charge in [-0.15, -0.1) is 12.4 Å². The number of nitrogens with two attached hydrogens (primary N) is 1. The van der Waals surface area contributed by atoms with E-state index in [4.69, 9.17) is 5.73 Å². The summed E-state index contributed by atoms with van der Waals surface area (Å²) in [7, 11) is 1.89. The maximum absolute atomic E-state index is 13.2. The molecule has 0 saturated carbocycles. The standard InChI is InChI=1S/C21H22F3N7O2.ClH/c1-10-8-15(21(22,23)24)30-18(26-10)16(17(25)32)19-28-12-6-5-11(9-13(12)29-19)27-20(33)14-4-3-7-31(14)2;/h5-6,8-9,14,28-29H,3-4,7H2,1-2H3,(H2,25,32)(H,27,33);1H/b19-16+;/t14-;/m0./s1. The van der Waals surface area contributed by atoms with Crippen LogP contribution >= 0.6 is 12.4 Å². The second kappa shape index (κ2) is 9.47. The highest BCUT2D eigenvalue weighted by Crippen LogP contribution is 2.36. The maximum atomic E-state index is 13.2. The summed E-state index contributed by atoms with van der Waals surface area (Å²) >= 11 is 0. The molecule has 1 saturated heterocycles. The Morgan fingerprint density at radius 2 is 1.88 bits per heavy atom. The lowest BCUT2D eigenvalue weighted by Crippen LogP contribution is -2.37. The summed E-state index contributed by atoms with van der Waals surface area (Å²) in [5.41, 5.74) is 5.58. The van der Waals surface area contributed by atoms with Crippen LogP contribution in [0.5, 0.6) is 0 Å². The van der Waals surface area contributed by atoms with Gasteiger partial charge in [-0.2, -0.15) is 13.2 Å². The van der Waals surface area contributed by atoms with Crippen LogP contribution < -0.4 is 21.7 Å². The molecule has 1 fully saturated rings. The first-order valence-corrected chi connectivity index (χ1v) is 10.2. The molecule has 1 atom stereocenters. The Kier molecular flexibility index (Phi) is 7.03. The van der Waals surface area contributed by atoms with Crippen molar-refractivity contribution in [2.45, 2.75) is 32.0 Å². The fourth-order valence-corrected chi connectivity index (χ4v) is 3.90. The zero-order chi connectivity index (χ0) is 23.9. The van der Waals surface area contributed by atoms with E-state index < -0.39 is 23.6 Å². The number of hydrogen-bond donors (Lipinski definition) is 4. The Morgan fingerprint density at radius 1 is 1.18 bits per heavy atom. The molecule has 2 aliphatic rings. The number of benzene rings is 1. The highest BCUT2D eigenvalue weighted by atomic mass is 35.5. The van der Waals surface area contributed by atoms with E-state index in [1.807, 2.05) is 11.9 Å². The third-order valence-electron chi connectivity index (χ3n) is 5.49. The van der Waals surface area contributed by atoms with Crippen molar-refractivity contribution in [2.24, 2.45) is 5.73 Å². The second-order valence-corrected chi connectivity index (χ2v) is 7.97. The van der Waals surface area contributed by atoms with Crippen LogP contribution in [0.1, 0.15) is 30.1 Å². The third kappa shape index (κ3) is 5.07. The van der Waals surface area contributed by atoms with Gasteiger partial charge in [0, 0.05) is 11.4 Å². The molecule has 4 rings (SSSR count). The number of carbonyl (C=O) groups is 2. The molecule has 0 radical (unpaired) electrons. The number of fused-ring (bicyclic) bond motifs is 1. The Balaban J connectivity index is 0.00000324. The van der Waals surface area contributed by atoms with Crippen molar-refractivity contribution in [3.05, 3.63) is 47.3 Å². The predicted molar refractivity (Wildman–Crippen MR) is 123 cm³/mol. The number of likely N-dealkylation sites (tertiary alicyclic amines) is 1. The lowest BCUT2D eigenvalue weighted by atomic mass is 10.2. The van der Waals surface area contributed by atoms with E-state index in [0.29, 0.717) is 17.1 Å². The number of aromatic nitrogens is 2. The number of rotatable bonds is 4. The molecular formula is C21H23ClF3N7O2. The van der Waals surface area contributed by atoms with E-state index in [0.717, 1.165) is 25.5 Å². The van der Waals surface area contributed by atoms with Gasteiger partial charge in [-0.3, -0.25) is 14.5 Å². The topological polar surface area (TPSA) is 125 Å². The quantitative estimate of drug-likeness (QED) is 0.478. The third-order valence-corrected chi connectivity index (χ3v) is 5.49. The summed E-state index contributed by atoms with van der Waals surface area (Å²) < 4.78 is 39.6. The summed E-state index contributed by atoms with van der Waals surface area (Å²) in [6, 6.07) is 5.58. The minimum atomic E-state index is -4.71. The maximum Gasteiger partial charge on any atom is 0.433 e. The molecule has 34 heavy (non-hydrogen) atoms. The van der Waals surface area contributed by atoms with E-state index in [1.54, 1.807) is 18.2 Å². The van der Waals surface area contributed by atoms with Crippen molar-refractivity contribution in [1.29, 1.82) is 0 Å². The normalized spacial score (nSPS) is 18.9. The minimum absolute atomic E-state index is 0. The van der Waals surface area contributed by atoms with E-state index in [-0.39, 0.29) is 41.4 Å². The molecule has 0 spiro atoms. The first kappa shape index (κ1) is 25.2. The monoisotopic (exact) mass is 497 g/mol. The van der Waals surface area contributed by atoms with Crippen molar-refractivity contribution in [3.63, 3.8) is 0 Å². The second-order valence-electron chi connectivity index (χ2n) is 7.97. The molecule has 0 unspecified atom stereocenters. The molecule has 2 aliphatic heterocycles. The number of amides is 2. The first-order chi connectivity index (χ1) is 15.5. The van der Waals surface area contributed by atoms with Crippen LogP contribution in [0, 0.1) is 6.92 Å². The van der Waals surface area contributed by atoms with Crippen LogP contribution in [0.4, 0.5) is 30.2 Å². The van der Waals surface area contributed by atoms with Gasteiger partial charge in [0.2, 0.25) is 5.91 Å². The van der Waals surface area contributed by atoms with E-state index in [9.17, 15) is 22.8 Å². The van der Waals surface area contributed by atoms with Crippen molar-refractivity contribution in [2.75, 3.05) is 29.5 Å². The van der Waals surface area contributed by atoms with Crippen LogP contribution in [-0.4, -0.2) is 46.3 Å². The summed E-state index contributed by atoms with van der Waals surface area (Å²) in [6.45, 7) is 2.22. The Labute approximate surface area is 199 Å². The van der Waals surface area contributed by atoms with Crippen molar-refractivity contribution in [3.8, 4) is 0 Å². The number of primary amides is 1. The molecule has 3 heterocycles. The Hall–Kier alpha value is -3.38. The molecule has 1 aromatic carbocycles. The number of carbonyl (C=O) groups excluding carboxylic acids is 2. The average Bonchev–Trinajstić information content (AvgIpc) is 3.32. The van der Waals surface area contributed by atoms with Gasteiger partial charge in [0.05, 0.1) is 17.4 Å². The molecular weight excluding hydrogens is 475 g/mol. The smallest absolute Gasteiger partial charge is 0.365 e. The van der Waals surface area contributed by atoms with Crippen LogP contribution in [-0.2, 0) is 15.8 Å². The van der Waals surface area contributed by atoms with Crippen molar-refractivity contribution in [1.82, 2.24) is 14.9 Å². The van der Waals surface area contributed by atoms with Gasteiger partial charge in [-0.1, -0.05) is 0 Å². The summed E-state index contributed by atoms with van der Waals surface area (Å²) in [5.74, 6) is -1.53. The summed E-state index contributed by atoms with van der Waals surface area (Å²) in [4.78, 5) is 34.2. The van der Waals surface area contributed by atoms with E-state index in [2.05, 4.69) is 25.9 Å². The molecule has 0 aliphatic carbocycles. The largest absolute Gasteiger partial charge is 0.433 e. The molecule has 1 aromatic heterocycles. The molecule has 2 amide bonds. The number of nitrogens with zero attached hydrogens (tertiary/aromatic N) is 3. The van der Waals surface area contributed by atoms with Crippen LogP contribution in [0.15, 0.2) is 30.1 Å². The first-order valence-electron chi connectivity index (χ1n) is 10.2. The molecule has 13 heteroatoms. The minimum Gasteiger partial charge on any atom is -0.365 e. The van der Waals surface area contributed by atoms with Crippen LogP contribution in [0.3, 0.4) is 0 Å². The number of anilines is 3. The molecule has 9 nitrogen and oxygen atoms in total. The number of aryl methyl sites for hydroxylation is 1. The number of halogens is 4. The molecule has 182 valence electrons. The lowest BCUT2D eigenvalue weighted by molar-refractivity contribution is -0.141. The van der Waals surface area contributed by atoms with Crippen molar-refractivity contribution >= 4 is 46.9 Å². The number of hydrogen-bond acceptors (Lipinski definition) is 7. The van der Waals surface area contributed by atoms with Crippen molar-refractivity contribution < 1.29 is 22.8 Å². The van der Waals surface area contributed by atoms with Gasteiger partial charge in [-0.25, -0.2) is 9.97 Å². The molecule has 0 bridgehead atoms. The van der Waals surface area contributed by atoms with Crippen LogP contribution in [0.2, 0.25) is 0 Å². The fourth-order valence-electron chi connectivity index (χ4n) is 3.90. The molecule has 5 N–H and O–H groups in total. The fraction of sp³-hybridized carbons (Fsp3) is 0.333. The zero-order valence-electron chi connectivity index (χ0n) is 18.3. The van der Waals surface area contributed by atoms with Gasteiger partial charge in [0.25, 0.3) is 5.91 Å². The van der Waals surface area contributed by atoms with Gasteiger partial charge in [0.15, 0.2) is 5.82 Å². The van der Waals surface area contributed by atoms with E-state index in [1.165, 1.54) is 6.92 Å². The number of alkyl halides is 3.